The second-order valence-corrected chi connectivity index (χ2v) is 15.6. The minimum Gasteiger partial charge on any atom is -0.433 e. The number of halogens is 4. The number of nitrogens with zero attached hydrogens (tertiary/aromatic N) is 2. The van der Waals surface area contributed by atoms with Crippen LogP contribution in [0.3, 0.4) is 0 Å². The third-order valence-corrected chi connectivity index (χ3v) is 12.1. The monoisotopic (exact) mass is 802 g/mol. The number of aliphatic hydroxyl groups excluding tert-OH is 2. The van der Waals surface area contributed by atoms with Crippen molar-refractivity contribution in [3.63, 3.8) is 0 Å². The van der Waals surface area contributed by atoms with Crippen molar-refractivity contribution < 1.29 is 19.0 Å². The van der Waals surface area contributed by atoms with E-state index in [0.717, 1.165) is 102 Å². The van der Waals surface area contributed by atoms with E-state index < -0.39 is 0 Å². The molecule has 2 aromatic carbocycles. The maximum Gasteiger partial charge on any atom is 0.200 e. The molecule has 2 saturated carbocycles. The molecule has 2 heterocycles. The Morgan fingerprint density at radius 2 is 0.955 bits per heavy atom. The minimum absolute atomic E-state index is 0.291. The normalized spacial score (nSPS) is 22.0. The molecule has 2 fully saturated rings. The second-order valence-electron chi connectivity index (χ2n) is 11.2. The lowest BCUT2D eigenvalue weighted by Crippen LogP contribution is -2.16. The maximum absolute atomic E-state index is 9.22. The van der Waals surface area contributed by atoms with E-state index in [2.05, 4.69) is 41.8 Å². The van der Waals surface area contributed by atoms with Gasteiger partial charge >= 0.3 is 0 Å². The van der Waals surface area contributed by atoms with Crippen LogP contribution in [-0.2, 0) is 0 Å². The molecule has 44 heavy (non-hydrogen) atoms. The molecule has 0 bridgehead atoms. The lowest BCUT2D eigenvalue weighted by Gasteiger charge is -2.24. The van der Waals surface area contributed by atoms with Crippen LogP contribution in [0.5, 0.6) is 0 Å². The fraction of sp³-hybridized carbons (Fsp3) is 0.438. The van der Waals surface area contributed by atoms with Gasteiger partial charge in [-0.25, -0.2) is 9.97 Å². The highest BCUT2D eigenvalue weighted by Gasteiger charge is 2.28. The topological polar surface area (TPSA) is 92.5 Å². The van der Waals surface area contributed by atoms with Gasteiger partial charge in [0, 0.05) is 44.9 Å². The summed E-state index contributed by atoms with van der Waals surface area (Å²) >= 11 is 21.9. The van der Waals surface area contributed by atoms with Gasteiger partial charge < -0.3 is 19.0 Å². The minimum atomic E-state index is 0.291. The number of oxazole rings is 2. The van der Waals surface area contributed by atoms with Crippen molar-refractivity contribution in [3.05, 3.63) is 79.6 Å². The van der Waals surface area contributed by atoms with Gasteiger partial charge in [0.2, 0.25) is 0 Å². The van der Waals surface area contributed by atoms with Gasteiger partial charge in [0.05, 0.1) is 0 Å². The largest absolute Gasteiger partial charge is 0.433 e. The quantitative estimate of drug-likeness (QED) is 0.182. The predicted molar refractivity (Wildman–Crippen MR) is 183 cm³/mol. The number of rotatable bonds is 8. The van der Waals surface area contributed by atoms with Gasteiger partial charge in [-0.15, -0.1) is 0 Å². The van der Waals surface area contributed by atoms with Crippen LogP contribution in [0.25, 0.3) is 0 Å². The smallest absolute Gasteiger partial charge is 0.200 e. The molecule has 2 aliphatic carbocycles. The van der Waals surface area contributed by atoms with Crippen LogP contribution in [0.4, 0.5) is 0 Å². The van der Waals surface area contributed by atoms with Crippen LogP contribution in [-0.4, -0.2) is 33.4 Å². The summed E-state index contributed by atoms with van der Waals surface area (Å²) in [6.45, 7) is 0.583. The molecular weight excluding hydrogens is 771 g/mol. The molecule has 0 aliphatic heterocycles. The Bertz CT molecular complexity index is 1360. The molecule has 0 unspecified atom stereocenters. The van der Waals surface area contributed by atoms with E-state index in [-0.39, 0.29) is 0 Å². The summed E-state index contributed by atoms with van der Waals surface area (Å²) in [6, 6.07) is 15.3. The van der Waals surface area contributed by atoms with Crippen molar-refractivity contribution in [1.82, 2.24) is 9.97 Å². The van der Waals surface area contributed by atoms with E-state index in [4.69, 9.17) is 32.0 Å². The van der Waals surface area contributed by atoms with Gasteiger partial charge in [-0.2, -0.15) is 0 Å². The first kappa shape index (κ1) is 34.4. The molecule has 236 valence electrons. The third-order valence-electron chi connectivity index (χ3n) is 8.10. The summed E-state index contributed by atoms with van der Waals surface area (Å²) in [4.78, 5) is 11.2. The molecule has 0 radical (unpaired) electrons. The molecule has 6 rings (SSSR count). The molecule has 0 amide bonds. The molecule has 2 N–H and O–H groups in total. The zero-order valence-corrected chi connectivity index (χ0v) is 30.2. The molecule has 2 aliphatic rings. The summed E-state index contributed by atoms with van der Waals surface area (Å²) in [5.41, 5.74) is 0. The first-order chi connectivity index (χ1) is 21.3. The van der Waals surface area contributed by atoms with Gasteiger partial charge in [-0.05, 0) is 167 Å². The SMILES string of the molecule is OCC1CCC(c2nc(Br)c(Sc3ccc(Cl)cc3)o2)CC1.OCC1CCC(c2nc(Br)c(Sc3ccc(Cl)cc3)o2)CC1. The fourth-order valence-electron chi connectivity index (χ4n) is 5.48. The molecule has 0 saturated heterocycles. The maximum atomic E-state index is 9.22. The van der Waals surface area contributed by atoms with Crippen LogP contribution in [0.2, 0.25) is 10.0 Å². The molecule has 4 aromatic rings. The molecule has 12 heteroatoms. The highest BCUT2D eigenvalue weighted by molar-refractivity contribution is 9.10. The summed E-state index contributed by atoms with van der Waals surface area (Å²) in [6.07, 6.45) is 8.29. The van der Waals surface area contributed by atoms with Crippen molar-refractivity contribution in [1.29, 1.82) is 0 Å². The van der Waals surface area contributed by atoms with Crippen LogP contribution in [0.15, 0.2) is 86.5 Å². The number of hydrogen-bond donors (Lipinski definition) is 2. The summed E-state index contributed by atoms with van der Waals surface area (Å²) < 4.78 is 13.4. The zero-order chi connectivity index (χ0) is 31.1. The van der Waals surface area contributed by atoms with Crippen molar-refractivity contribution in [2.24, 2.45) is 11.8 Å². The number of aromatic nitrogens is 2. The fourth-order valence-corrected chi connectivity index (χ4v) is 8.22. The van der Waals surface area contributed by atoms with E-state index in [9.17, 15) is 10.2 Å². The average molecular weight is 805 g/mol. The van der Waals surface area contributed by atoms with Gasteiger partial charge in [-0.3, -0.25) is 0 Å². The molecule has 2 aromatic heterocycles. The van der Waals surface area contributed by atoms with Crippen LogP contribution < -0.4 is 0 Å². The second kappa shape index (κ2) is 16.7. The Kier molecular flexibility index (Phi) is 13.1. The average Bonchev–Trinajstić information content (AvgIpc) is 3.61. The van der Waals surface area contributed by atoms with Gasteiger partial charge in [0.15, 0.2) is 31.2 Å². The highest BCUT2D eigenvalue weighted by Crippen LogP contribution is 2.42. The van der Waals surface area contributed by atoms with Gasteiger partial charge in [-0.1, -0.05) is 23.2 Å². The van der Waals surface area contributed by atoms with Gasteiger partial charge in [0.25, 0.3) is 0 Å². The summed E-state index contributed by atoms with van der Waals surface area (Å²) in [5, 5.41) is 21.4. The van der Waals surface area contributed by atoms with Crippen molar-refractivity contribution in [2.45, 2.75) is 83.2 Å². The predicted octanol–water partition coefficient (Wildman–Crippen LogP) is 11.0. The van der Waals surface area contributed by atoms with Gasteiger partial charge in [0.1, 0.15) is 0 Å². The lowest BCUT2D eigenvalue weighted by molar-refractivity contribution is 0.175. The Labute approximate surface area is 293 Å². The molecular formula is C32H34Br2Cl2N2O4S2. The van der Waals surface area contributed by atoms with E-state index in [1.807, 2.05) is 48.5 Å². The third kappa shape index (κ3) is 9.53. The molecule has 0 atom stereocenters. The van der Waals surface area contributed by atoms with Crippen LogP contribution >= 0.6 is 78.6 Å². The standard InChI is InChI=1S/2C16H17BrClNO2S/c2*17-14-16(22-13-7-5-12(18)6-8-13)21-15(19-14)11-3-1-10(9-20)2-4-11/h2*5-8,10-11,20H,1-4,9H2. The molecule has 6 nitrogen and oxygen atoms in total. The Balaban J connectivity index is 0.000000175. The number of benzene rings is 2. The Hall–Kier alpha value is -0.980. The van der Waals surface area contributed by atoms with Crippen molar-refractivity contribution in [3.8, 4) is 0 Å². The number of aliphatic hydroxyl groups is 2. The first-order valence-corrected chi connectivity index (χ1v) is 18.7. The van der Waals surface area contributed by atoms with Crippen LogP contribution in [0.1, 0.15) is 75.0 Å². The van der Waals surface area contributed by atoms with Crippen LogP contribution in [0, 0.1) is 11.8 Å². The molecule has 0 spiro atoms. The Morgan fingerprint density at radius 1 is 0.614 bits per heavy atom. The Morgan fingerprint density at radius 3 is 1.27 bits per heavy atom. The van der Waals surface area contributed by atoms with E-state index in [0.29, 0.717) is 36.9 Å². The zero-order valence-electron chi connectivity index (χ0n) is 23.9. The highest BCUT2D eigenvalue weighted by atomic mass is 79.9. The number of hydrogen-bond acceptors (Lipinski definition) is 8. The lowest BCUT2D eigenvalue weighted by atomic mass is 9.82. The van der Waals surface area contributed by atoms with E-state index >= 15 is 0 Å². The van der Waals surface area contributed by atoms with E-state index in [1.54, 1.807) is 0 Å². The summed E-state index contributed by atoms with van der Waals surface area (Å²) in [5.74, 6) is 3.21. The first-order valence-electron chi connectivity index (χ1n) is 14.7. The summed E-state index contributed by atoms with van der Waals surface area (Å²) in [7, 11) is 0. The van der Waals surface area contributed by atoms with Crippen molar-refractivity contribution in [2.75, 3.05) is 13.2 Å². The van der Waals surface area contributed by atoms with Crippen molar-refractivity contribution >= 4 is 78.6 Å². The van der Waals surface area contributed by atoms with E-state index in [1.165, 1.54) is 23.5 Å².